The quantitative estimate of drug-likeness (QED) is 0.884. The van der Waals surface area contributed by atoms with E-state index in [0.29, 0.717) is 14.9 Å². The normalized spacial score (nSPS) is 22.6. The Kier molecular flexibility index (Phi) is 3.64. The number of rotatable bonds is 3. The van der Waals surface area contributed by atoms with Gasteiger partial charge < -0.3 is 10.2 Å². The maximum atomic E-state index is 11.8. The van der Waals surface area contributed by atoms with Crippen LogP contribution in [0.4, 0.5) is 0 Å². The van der Waals surface area contributed by atoms with Gasteiger partial charge in [0.2, 0.25) is 0 Å². The van der Waals surface area contributed by atoms with Crippen molar-refractivity contribution in [1.29, 1.82) is 0 Å². The molecule has 100 valence electrons. The van der Waals surface area contributed by atoms with E-state index in [1.165, 1.54) is 17.4 Å². The first-order valence-corrected chi connectivity index (χ1v) is 7.14. The summed E-state index contributed by atoms with van der Waals surface area (Å²) >= 11 is 4.72. The van der Waals surface area contributed by atoms with Gasteiger partial charge in [0.1, 0.15) is 5.41 Å². The van der Waals surface area contributed by atoms with Gasteiger partial charge in [0.15, 0.2) is 0 Å². The lowest BCUT2D eigenvalue weighted by atomic mass is 9.72. The van der Waals surface area contributed by atoms with E-state index in [1.807, 2.05) is 0 Å². The van der Waals surface area contributed by atoms with Gasteiger partial charge in [-0.3, -0.25) is 4.79 Å². The van der Waals surface area contributed by atoms with Crippen LogP contribution in [0.15, 0.2) is 38.5 Å². The van der Waals surface area contributed by atoms with Crippen molar-refractivity contribution in [3.05, 3.63) is 44.1 Å². The summed E-state index contributed by atoms with van der Waals surface area (Å²) in [5.41, 5.74) is 0.0339. The predicted molar refractivity (Wildman–Crippen MR) is 75.4 cm³/mol. The van der Waals surface area contributed by atoms with E-state index in [2.05, 4.69) is 15.9 Å². The van der Waals surface area contributed by atoms with Crippen LogP contribution in [0, 0.1) is 0 Å². The molecule has 6 heteroatoms. The molecule has 0 amide bonds. The summed E-state index contributed by atoms with van der Waals surface area (Å²) in [4.78, 5) is 22.9. The molecule has 1 aromatic rings. The fourth-order valence-corrected chi connectivity index (χ4v) is 3.80. The molecule has 0 radical (unpaired) electrons. The number of hydrogen-bond acceptors (Lipinski definition) is 3. The van der Waals surface area contributed by atoms with E-state index in [-0.39, 0.29) is 12.0 Å². The van der Waals surface area contributed by atoms with Gasteiger partial charge >= 0.3 is 11.9 Å². The van der Waals surface area contributed by atoms with Crippen LogP contribution >= 0.6 is 27.3 Å². The van der Waals surface area contributed by atoms with Crippen LogP contribution in [0.3, 0.4) is 0 Å². The third kappa shape index (κ3) is 2.37. The number of halogens is 1. The summed E-state index contributed by atoms with van der Waals surface area (Å²) in [6.45, 7) is 1.71. The lowest BCUT2D eigenvalue weighted by Gasteiger charge is -2.30. The van der Waals surface area contributed by atoms with Crippen molar-refractivity contribution in [3.63, 3.8) is 0 Å². The number of carboxylic acids is 2. The largest absolute Gasteiger partial charge is 0.480 e. The molecular formula is C13H11BrO4S. The van der Waals surface area contributed by atoms with Crippen LogP contribution in [0.2, 0.25) is 0 Å². The monoisotopic (exact) mass is 342 g/mol. The predicted octanol–water partition coefficient (Wildman–Crippen LogP) is 3.19. The van der Waals surface area contributed by atoms with E-state index in [0.717, 1.165) is 0 Å². The SMILES string of the molecule is CC1=CC(C(=O)O)(c2ccsc2Br)CC(C(=O)O)=C1. The van der Waals surface area contributed by atoms with E-state index in [4.69, 9.17) is 5.11 Å². The lowest BCUT2D eigenvalue weighted by molar-refractivity contribution is -0.142. The lowest BCUT2D eigenvalue weighted by Crippen LogP contribution is -2.37. The maximum absolute atomic E-state index is 11.8. The third-order valence-corrected chi connectivity index (χ3v) is 4.79. The van der Waals surface area contributed by atoms with Gasteiger partial charge in [0.25, 0.3) is 0 Å². The smallest absolute Gasteiger partial charge is 0.331 e. The Hall–Kier alpha value is -1.40. The minimum absolute atomic E-state index is 0.0512. The maximum Gasteiger partial charge on any atom is 0.331 e. The fraction of sp³-hybridized carbons (Fsp3) is 0.231. The molecule has 0 spiro atoms. The molecule has 0 bridgehead atoms. The fourth-order valence-electron chi connectivity index (χ4n) is 2.29. The molecule has 1 heterocycles. The summed E-state index contributed by atoms with van der Waals surface area (Å²) < 4.78 is 0.714. The van der Waals surface area contributed by atoms with Crippen LogP contribution in [-0.4, -0.2) is 22.2 Å². The number of aliphatic carboxylic acids is 2. The standard InChI is InChI=1S/C13H11BrO4S/c1-7-4-8(11(15)16)6-13(5-7,12(17)18)9-2-3-19-10(9)14/h2-5H,6H2,1H3,(H,15,16)(H,17,18). The highest BCUT2D eigenvalue weighted by atomic mass is 79.9. The molecule has 1 aliphatic rings. The van der Waals surface area contributed by atoms with Crippen LogP contribution < -0.4 is 0 Å². The van der Waals surface area contributed by atoms with Gasteiger partial charge in [-0.1, -0.05) is 11.6 Å². The second-order valence-electron chi connectivity index (χ2n) is 4.42. The molecule has 0 aromatic carbocycles. The number of hydrogen-bond donors (Lipinski definition) is 2. The van der Waals surface area contributed by atoms with Crippen molar-refractivity contribution in [2.45, 2.75) is 18.8 Å². The number of carboxylic acid groups (broad SMARTS) is 2. The van der Waals surface area contributed by atoms with Crippen molar-refractivity contribution < 1.29 is 19.8 Å². The molecule has 0 saturated heterocycles. The molecule has 1 aromatic heterocycles. The molecule has 19 heavy (non-hydrogen) atoms. The van der Waals surface area contributed by atoms with E-state index >= 15 is 0 Å². The molecule has 1 unspecified atom stereocenters. The molecule has 1 atom stereocenters. The molecule has 1 aliphatic carbocycles. The van der Waals surface area contributed by atoms with Crippen LogP contribution in [0.5, 0.6) is 0 Å². The Balaban J connectivity index is 2.61. The molecule has 0 fully saturated rings. The first-order chi connectivity index (χ1) is 8.86. The third-order valence-electron chi connectivity index (χ3n) is 3.10. The van der Waals surface area contributed by atoms with Gasteiger partial charge in [-0.25, -0.2) is 4.79 Å². The van der Waals surface area contributed by atoms with Crippen LogP contribution in [0.1, 0.15) is 18.9 Å². The highest BCUT2D eigenvalue weighted by molar-refractivity contribution is 9.11. The zero-order chi connectivity index (χ0) is 14.2. The average molecular weight is 343 g/mol. The second-order valence-corrected chi connectivity index (χ2v) is 6.66. The van der Waals surface area contributed by atoms with Crippen molar-refractivity contribution in [3.8, 4) is 0 Å². The number of carbonyl (C=O) groups is 2. The highest BCUT2D eigenvalue weighted by Gasteiger charge is 2.43. The van der Waals surface area contributed by atoms with E-state index < -0.39 is 17.4 Å². The topological polar surface area (TPSA) is 74.6 Å². The van der Waals surface area contributed by atoms with E-state index in [9.17, 15) is 14.7 Å². The zero-order valence-electron chi connectivity index (χ0n) is 10.0. The molecule has 0 aliphatic heterocycles. The molecule has 4 nitrogen and oxygen atoms in total. The van der Waals surface area contributed by atoms with Gasteiger partial charge in [-0.15, -0.1) is 11.3 Å². The minimum atomic E-state index is -1.31. The molecule has 2 N–H and O–H groups in total. The van der Waals surface area contributed by atoms with Crippen LogP contribution in [0.25, 0.3) is 0 Å². The minimum Gasteiger partial charge on any atom is -0.480 e. The Morgan fingerprint density at radius 3 is 2.58 bits per heavy atom. The van der Waals surface area contributed by atoms with Crippen molar-refractivity contribution in [2.75, 3.05) is 0 Å². The Labute approximate surface area is 122 Å². The number of thiophene rings is 1. The van der Waals surface area contributed by atoms with Gasteiger partial charge in [0, 0.05) is 12.0 Å². The van der Waals surface area contributed by atoms with Crippen molar-refractivity contribution in [2.24, 2.45) is 0 Å². The first kappa shape index (κ1) is 14.0. The highest BCUT2D eigenvalue weighted by Crippen LogP contribution is 2.43. The summed E-state index contributed by atoms with van der Waals surface area (Å²) in [5.74, 6) is -2.12. The summed E-state index contributed by atoms with van der Waals surface area (Å²) in [7, 11) is 0. The van der Waals surface area contributed by atoms with Gasteiger partial charge in [-0.2, -0.15) is 0 Å². The Morgan fingerprint density at radius 1 is 1.42 bits per heavy atom. The van der Waals surface area contributed by atoms with Crippen LogP contribution in [-0.2, 0) is 15.0 Å². The van der Waals surface area contributed by atoms with E-state index in [1.54, 1.807) is 24.4 Å². The Morgan fingerprint density at radius 2 is 2.11 bits per heavy atom. The average Bonchev–Trinajstić information content (AvgIpc) is 2.74. The number of allylic oxidation sites excluding steroid dienone is 2. The molecule has 0 saturated carbocycles. The summed E-state index contributed by atoms with van der Waals surface area (Å²) in [6.07, 6.45) is 3.09. The van der Waals surface area contributed by atoms with Crippen molar-refractivity contribution in [1.82, 2.24) is 0 Å². The Bertz CT molecular complexity index is 614. The van der Waals surface area contributed by atoms with Gasteiger partial charge in [-0.05, 0) is 45.9 Å². The van der Waals surface area contributed by atoms with Gasteiger partial charge in [0.05, 0.1) is 3.79 Å². The molecule has 2 rings (SSSR count). The molecular weight excluding hydrogens is 332 g/mol. The second kappa shape index (κ2) is 4.94. The van der Waals surface area contributed by atoms with Crippen molar-refractivity contribution >= 4 is 39.2 Å². The first-order valence-electron chi connectivity index (χ1n) is 5.47. The summed E-state index contributed by atoms with van der Waals surface area (Å²) in [6, 6.07) is 1.72. The zero-order valence-corrected chi connectivity index (χ0v) is 12.4. The summed E-state index contributed by atoms with van der Waals surface area (Å²) in [5, 5.41) is 20.5.